The smallest absolute Gasteiger partial charge is 0.335 e. The van der Waals surface area contributed by atoms with E-state index in [4.69, 9.17) is 14.9 Å². The zero-order valence-corrected chi connectivity index (χ0v) is 21.2. The molecule has 1 aliphatic heterocycles. The van der Waals surface area contributed by atoms with Crippen molar-refractivity contribution in [2.75, 3.05) is 7.05 Å². The lowest BCUT2D eigenvalue weighted by molar-refractivity contribution is -0.121. The number of carbonyl (C=O) groups excluding carboxylic acids is 1. The van der Waals surface area contributed by atoms with Crippen LogP contribution in [0.25, 0.3) is 6.08 Å². The number of hydrogen-bond acceptors (Lipinski definition) is 6. The van der Waals surface area contributed by atoms with Crippen LogP contribution in [0.15, 0.2) is 81.1 Å². The van der Waals surface area contributed by atoms with Crippen molar-refractivity contribution in [2.45, 2.75) is 6.61 Å². The van der Waals surface area contributed by atoms with Gasteiger partial charge in [0.25, 0.3) is 5.91 Å². The number of ether oxygens (including phenoxy) is 1. The lowest BCUT2D eigenvalue weighted by atomic mass is 10.1. The summed E-state index contributed by atoms with van der Waals surface area (Å²) in [6, 6.07) is 18.0. The third-order valence-corrected chi connectivity index (χ3v) is 6.87. The second-order valence-electron chi connectivity index (χ2n) is 7.70. The monoisotopic (exact) mass is 566 g/mol. The summed E-state index contributed by atoms with van der Waals surface area (Å²) in [6.07, 6.45) is 1.76. The maximum Gasteiger partial charge on any atom is 0.335 e. The van der Waals surface area contributed by atoms with Gasteiger partial charge < -0.3 is 14.9 Å². The molecule has 0 aromatic heterocycles. The number of carbonyl (C=O) groups is 3. The van der Waals surface area contributed by atoms with Gasteiger partial charge in [-0.1, -0.05) is 18.2 Å². The van der Waals surface area contributed by atoms with Crippen LogP contribution in [0.3, 0.4) is 0 Å². The summed E-state index contributed by atoms with van der Waals surface area (Å²) >= 11 is 4.73. The van der Waals surface area contributed by atoms with Crippen molar-refractivity contribution in [3.63, 3.8) is 0 Å². The molecule has 0 saturated carbocycles. The first kappa shape index (κ1) is 25.2. The SMILES string of the molecule is CN1C(=O)/C(=C/c2ccc(OCc3ccc(C(=O)O)cc3)c(Br)c2)SC1=Nc1ccc(C(=O)O)cc1. The molecule has 1 fully saturated rings. The molecule has 8 nitrogen and oxygen atoms in total. The first-order valence-electron chi connectivity index (χ1n) is 10.6. The van der Waals surface area contributed by atoms with Crippen LogP contribution in [0.1, 0.15) is 31.8 Å². The van der Waals surface area contributed by atoms with E-state index in [1.54, 1.807) is 43.5 Å². The average molecular weight is 567 g/mol. The molecule has 0 atom stereocenters. The molecule has 0 spiro atoms. The predicted molar refractivity (Wildman–Crippen MR) is 141 cm³/mol. The molecule has 0 aliphatic carbocycles. The molecular weight excluding hydrogens is 548 g/mol. The maximum atomic E-state index is 12.7. The number of hydrogen-bond donors (Lipinski definition) is 2. The molecule has 0 unspecified atom stereocenters. The Labute approximate surface area is 219 Å². The van der Waals surface area contributed by atoms with Crippen LogP contribution < -0.4 is 4.74 Å². The molecule has 182 valence electrons. The molecule has 10 heteroatoms. The van der Waals surface area contributed by atoms with E-state index >= 15 is 0 Å². The number of carboxylic acid groups (broad SMARTS) is 2. The Kier molecular flexibility index (Phi) is 7.56. The zero-order valence-electron chi connectivity index (χ0n) is 18.8. The van der Waals surface area contributed by atoms with E-state index in [0.29, 0.717) is 26.0 Å². The van der Waals surface area contributed by atoms with E-state index in [-0.39, 0.29) is 23.6 Å². The van der Waals surface area contributed by atoms with Crippen molar-refractivity contribution in [3.05, 3.63) is 98.4 Å². The Morgan fingerprint density at radius 2 is 1.61 bits per heavy atom. The highest BCUT2D eigenvalue weighted by molar-refractivity contribution is 9.10. The molecule has 4 rings (SSSR count). The van der Waals surface area contributed by atoms with Gasteiger partial charge in [-0.15, -0.1) is 0 Å². The molecular formula is C26H19BrN2O6S. The van der Waals surface area contributed by atoms with Crippen LogP contribution in [0.4, 0.5) is 5.69 Å². The topological polar surface area (TPSA) is 117 Å². The Morgan fingerprint density at radius 3 is 2.19 bits per heavy atom. The summed E-state index contributed by atoms with van der Waals surface area (Å²) in [5.41, 5.74) is 2.55. The first-order valence-corrected chi connectivity index (χ1v) is 12.2. The highest BCUT2D eigenvalue weighted by Gasteiger charge is 2.30. The maximum absolute atomic E-state index is 12.7. The molecule has 36 heavy (non-hydrogen) atoms. The van der Waals surface area contributed by atoms with Crippen LogP contribution in [0, 0.1) is 0 Å². The minimum absolute atomic E-state index is 0.164. The Hall–Kier alpha value is -3.89. The zero-order chi connectivity index (χ0) is 25.8. The Bertz CT molecular complexity index is 1400. The van der Waals surface area contributed by atoms with Crippen molar-refractivity contribution >= 4 is 62.5 Å². The Morgan fingerprint density at radius 1 is 1.00 bits per heavy atom. The molecule has 3 aromatic carbocycles. The van der Waals surface area contributed by atoms with Gasteiger partial charge in [-0.2, -0.15) is 0 Å². The van der Waals surface area contributed by atoms with E-state index in [1.165, 1.54) is 40.9 Å². The predicted octanol–water partition coefficient (Wildman–Crippen LogP) is 5.66. The van der Waals surface area contributed by atoms with Crippen molar-refractivity contribution in [2.24, 2.45) is 4.99 Å². The Balaban J connectivity index is 1.45. The molecule has 1 amide bonds. The fraction of sp³-hybridized carbons (Fsp3) is 0.0769. The summed E-state index contributed by atoms with van der Waals surface area (Å²) in [5.74, 6) is -1.58. The van der Waals surface area contributed by atoms with E-state index in [9.17, 15) is 14.4 Å². The van der Waals surface area contributed by atoms with Crippen LogP contribution in [0.5, 0.6) is 5.75 Å². The summed E-state index contributed by atoms with van der Waals surface area (Å²) in [7, 11) is 1.64. The van der Waals surface area contributed by atoms with Crippen molar-refractivity contribution in [1.29, 1.82) is 0 Å². The number of amides is 1. The molecule has 1 saturated heterocycles. The van der Waals surface area contributed by atoms with Gasteiger partial charge in [0.1, 0.15) is 12.4 Å². The van der Waals surface area contributed by atoms with Crippen LogP contribution in [0.2, 0.25) is 0 Å². The van der Waals surface area contributed by atoms with Crippen molar-refractivity contribution in [3.8, 4) is 5.75 Å². The fourth-order valence-electron chi connectivity index (χ4n) is 3.22. The van der Waals surface area contributed by atoms with Crippen molar-refractivity contribution < 1.29 is 29.3 Å². The summed E-state index contributed by atoms with van der Waals surface area (Å²) in [5, 5.41) is 18.5. The number of thioether (sulfide) groups is 1. The second kappa shape index (κ2) is 10.8. The van der Waals surface area contributed by atoms with Gasteiger partial charge >= 0.3 is 11.9 Å². The number of likely N-dealkylation sites (N-methyl/N-ethyl adjacent to an activating group) is 1. The number of amidine groups is 1. The highest BCUT2D eigenvalue weighted by Crippen LogP contribution is 2.34. The third-order valence-electron chi connectivity index (χ3n) is 5.19. The van der Waals surface area contributed by atoms with Gasteiger partial charge in [-0.25, -0.2) is 14.6 Å². The average Bonchev–Trinajstić information content (AvgIpc) is 3.11. The quantitative estimate of drug-likeness (QED) is 0.354. The number of rotatable bonds is 7. The fourth-order valence-corrected chi connectivity index (χ4v) is 4.72. The second-order valence-corrected chi connectivity index (χ2v) is 9.57. The largest absolute Gasteiger partial charge is 0.488 e. The van der Waals surface area contributed by atoms with E-state index in [0.717, 1.165) is 11.1 Å². The van der Waals surface area contributed by atoms with Gasteiger partial charge in [0.2, 0.25) is 0 Å². The van der Waals surface area contributed by atoms with Gasteiger partial charge in [0, 0.05) is 7.05 Å². The van der Waals surface area contributed by atoms with Crippen LogP contribution in [-0.2, 0) is 11.4 Å². The number of halogens is 1. The molecule has 0 bridgehead atoms. The van der Waals surface area contributed by atoms with E-state index in [2.05, 4.69) is 20.9 Å². The van der Waals surface area contributed by atoms with Crippen molar-refractivity contribution in [1.82, 2.24) is 4.90 Å². The number of nitrogens with zero attached hydrogens (tertiary/aromatic N) is 2. The van der Waals surface area contributed by atoms with Gasteiger partial charge in [-0.3, -0.25) is 9.69 Å². The van der Waals surface area contributed by atoms with Crippen LogP contribution in [-0.4, -0.2) is 45.2 Å². The lowest BCUT2D eigenvalue weighted by Gasteiger charge is -2.09. The van der Waals surface area contributed by atoms with E-state index in [1.807, 2.05) is 12.1 Å². The summed E-state index contributed by atoms with van der Waals surface area (Å²) < 4.78 is 6.55. The molecule has 2 N–H and O–H groups in total. The third kappa shape index (κ3) is 5.84. The van der Waals surface area contributed by atoms with Crippen LogP contribution >= 0.6 is 27.7 Å². The molecule has 1 aliphatic rings. The minimum atomic E-state index is -1.01. The minimum Gasteiger partial charge on any atom is -0.488 e. The van der Waals surface area contributed by atoms with Gasteiger partial charge in [-0.05, 0) is 93.4 Å². The van der Waals surface area contributed by atoms with E-state index < -0.39 is 11.9 Å². The number of aromatic carboxylic acids is 2. The number of carboxylic acids is 2. The first-order chi connectivity index (χ1) is 17.2. The summed E-state index contributed by atoms with van der Waals surface area (Å²) in [6.45, 7) is 0.269. The number of aliphatic imine (C=N–C) groups is 1. The molecule has 1 heterocycles. The number of benzene rings is 3. The normalized spacial score (nSPS) is 15.5. The standard InChI is InChI=1S/C26H19BrN2O6S/c1-29-23(30)22(36-26(29)28-19-9-7-18(8-10-19)25(33)34)13-16-4-11-21(20(27)12-16)35-14-15-2-5-17(6-3-15)24(31)32/h2-13H,14H2,1H3,(H,31,32)(H,33,34)/b22-13-,28-26?. The molecule has 3 aromatic rings. The summed E-state index contributed by atoms with van der Waals surface area (Å²) in [4.78, 5) is 41.1. The lowest BCUT2D eigenvalue weighted by Crippen LogP contribution is -2.23. The van der Waals surface area contributed by atoms with Gasteiger partial charge in [0.05, 0.1) is 26.2 Å². The molecule has 0 radical (unpaired) electrons. The van der Waals surface area contributed by atoms with Gasteiger partial charge in [0.15, 0.2) is 5.17 Å². The highest BCUT2D eigenvalue weighted by atomic mass is 79.9.